The summed E-state index contributed by atoms with van der Waals surface area (Å²) in [5.41, 5.74) is 0.787. The van der Waals surface area contributed by atoms with Crippen LogP contribution in [0.25, 0.3) is 0 Å². The molecular weight excluding hydrogens is 132 g/mol. The van der Waals surface area contributed by atoms with Gasteiger partial charge in [0.15, 0.2) is 5.71 Å². The summed E-state index contributed by atoms with van der Waals surface area (Å²) in [4.78, 5) is 14.5. The van der Waals surface area contributed by atoms with Crippen molar-refractivity contribution in [3.05, 3.63) is 12.3 Å². The Bertz CT molecular complexity index is 304. The van der Waals surface area contributed by atoms with Gasteiger partial charge in [-0.25, -0.2) is 4.99 Å². The number of carbonyl (C=O) groups is 1. The summed E-state index contributed by atoms with van der Waals surface area (Å²) >= 11 is 0. The van der Waals surface area contributed by atoms with E-state index in [-0.39, 0.29) is 5.71 Å². The zero-order valence-corrected chi connectivity index (χ0v) is 4.85. The van der Waals surface area contributed by atoms with Gasteiger partial charge in [0.25, 0.3) is 0 Å². The van der Waals surface area contributed by atoms with Crippen molar-refractivity contribution in [1.82, 2.24) is 0 Å². The predicted molar refractivity (Wildman–Crippen MR) is 33.9 cm³/mol. The van der Waals surface area contributed by atoms with E-state index in [4.69, 9.17) is 0 Å². The first-order valence-corrected chi connectivity index (χ1v) is 2.66. The van der Waals surface area contributed by atoms with E-state index < -0.39 is 5.91 Å². The molecule has 0 aromatic rings. The minimum atomic E-state index is -0.421. The molecule has 0 radical (unpaired) electrons. The molecule has 48 valence electrons. The van der Waals surface area contributed by atoms with Crippen molar-refractivity contribution in [2.24, 2.45) is 20.4 Å². The molecule has 0 atom stereocenters. The van der Waals surface area contributed by atoms with Gasteiger partial charge in [-0.05, 0) is 11.3 Å². The topological polar surface area (TPSA) is 66.5 Å². The summed E-state index contributed by atoms with van der Waals surface area (Å²) in [7, 11) is 0. The summed E-state index contributed by atoms with van der Waals surface area (Å²) in [5, 5.41) is 10.0. The standard InChI is InChI=1S/C5H2N4O/c10-5-4-3(1-2-6-4)7-9-8-5/h1-2H. The molecule has 0 N–H and O–H groups in total. The first-order valence-electron chi connectivity index (χ1n) is 2.66. The number of allylic oxidation sites excluding steroid dienone is 1. The third-order valence-corrected chi connectivity index (χ3v) is 1.17. The highest BCUT2D eigenvalue weighted by Crippen LogP contribution is 2.05. The third kappa shape index (κ3) is 0.540. The Morgan fingerprint density at radius 1 is 1.40 bits per heavy atom. The Balaban J connectivity index is 2.54. The maximum absolute atomic E-state index is 10.8. The van der Waals surface area contributed by atoms with E-state index in [0.29, 0.717) is 5.71 Å². The van der Waals surface area contributed by atoms with Crippen LogP contribution in [-0.4, -0.2) is 17.3 Å². The first kappa shape index (κ1) is 5.16. The number of hydrogen-bond donors (Lipinski definition) is 0. The quantitative estimate of drug-likeness (QED) is 0.469. The van der Waals surface area contributed by atoms with E-state index in [1.165, 1.54) is 6.20 Å². The van der Waals surface area contributed by atoms with Crippen LogP contribution in [0.1, 0.15) is 0 Å². The van der Waals surface area contributed by atoms with Gasteiger partial charge < -0.3 is 0 Å². The molecule has 0 saturated heterocycles. The predicted octanol–water partition coefficient (Wildman–Crippen LogP) is 0.303. The van der Waals surface area contributed by atoms with Crippen molar-refractivity contribution in [1.29, 1.82) is 0 Å². The van der Waals surface area contributed by atoms with Crippen molar-refractivity contribution < 1.29 is 4.79 Å². The molecule has 2 rings (SSSR count). The highest BCUT2D eigenvalue weighted by Gasteiger charge is 2.21. The van der Waals surface area contributed by atoms with Gasteiger partial charge in [-0.15, -0.1) is 5.10 Å². The van der Waals surface area contributed by atoms with Crippen LogP contribution in [0.3, 0.4) is 0 Å². The zero-order valence-electron chi connectivity index (χ0n) is 4.85. The van der Waals surface area contributed by atoms with Crippen LogP contribution >= 0.6 is 0 Å². The number of fused-ring (bicyclic) bond motifs is 1. The minimum Gasteiger partial charge on any atom is -0.263 e. The van der Waals surface area contributed by atoms with Crippen molar-refractivity contribution in [2.45, 2.75) is 0 Å². The second kappa shape index (κ2) is 1.66. The lowest BCUT2D eigenvalue weighted by Gasteiger charge is -1.96. The normalized spacial score (nSPS) is 20.6. The van der Waals surface area contributed by atoms with E-state index in [1.807, 2.05) is 0 Å². The van der Waals surface area contributed by atoms with E-state index >= 15 is 0 Å². The molecule has 0 fully saturated rings. The molecule has 0 unspecified atom stereocenters. The number of amides is 1. The molecule has 0 spiro atoms. The Morgan fingerprint density at radius 2 is 2.30 bits per heavy atom. The molecule has 1 amide bonds. The Morgan fingerprint density at radius 3 is 3.10 bits per heavy atom. The van der Waals surface area contributed by atoms with Gasteiger partial charge in [0.2, 0.25) is 0 Å². The summed E-state index contributed by atoms with van der Waals surface area (Å²) in [6.45, 7) is 0. The molecule has 2 aliphatic rings. The number of nitrogens with zero attached hydrogens (tertiary/aromatic N) is 4. The van der Waals surface area contributed by atoms with E-state index in [2.05, 4.69) is 20.4 Å². The minimum absolute atomic E-state index is 0.287. The Kier molecular flexibility index (Phi) is 0.858. The fourth-order valence-electron chi connectivity index (χ4n) is 0.731. The van der Waals surface area contributed by atoms with Gasteiger partial charge in [0.1, 0.15) is 5.71 Å². The number of aliphatic imine (C=N–C) groups is 1. The van der Waals surface area contributed by atoms with Gasteiger partial charge in [0.05, 0.1) is 0 Å². The lowest BCUT2D eigenvalue weighted by atomic mass is 10.2. The molecule has 5 nitrogen and oxygen atoms in total. The van der Waals surface area contributed by atoms with Crippen LogP contribution in [0, 0.1) is 0 Å². The van der Waals surface area contributed by atoms with E-state index in [9.17, 15) is 4.79 Å². The molecule has 0 aromatic carbocycles. The van der Waals surface area contributed by atoms with Crippen molar-refractivity contribution in [2.75, 3.05) is 0 Å². The molecule has 5 heteroatoms. The lowest BCUT2D eigenvalue weighted by molar-refractivity contribution is -0.112. The lowest BCUT2D eigenvalue weighted by Crippen LogP contribution is -2.20. The summed E-state index contributed by atoms with van der Waals surface area (Å²) < 4.78 is 0. The van der Waals surface area contributed by atoms with Gasteiger partial charge in [-0.1, -0.05) is 5.11 Å². The molecule has 0 saturated carbocycles. The van der Waals surface area contributed by atoms with Gasteiger partial charge in [0, 0.05) is 6.20 Å². The van der Waals surface area contributed by atoms with Crippen molar-refractivity contribution in [3.63, 3.8) is 0 Å². The monoisotopic (exact) mass is 134 g/mol. The largest absolute Gasteiger partial charge is 0.317 e. The van der Waals surface area contributed by atoms with Crippen LogP contribution in [0.15, 0.2) is 32.7 Å². The van der Waals surface area contributed by atoms with E-state index in [1.54, 1.807) is 6.08 Å². The van der Waals surface area contributed by atoms with Crippen LogP contribution in [0.2, 0.25) is 0 Å². The molecule has 2 heterocycles. The Labute approximate surface area is 55.9 Å². The molecule has 0 bridgehead atoms. The van der Waals surface area contributed by atoms with Crippen LogP contribution < -0.4 is 0 Å². The van der Waals surface area contributed by atoms with Crippen LogP contribution in [-0.2, 0) is 4.79 Å². The fraction of sp³-hybridized carbons (Fsp3) is 0. The second-order valence-corrected chi connectivity index (χ2v) is 1.77. The average Bonchev–Trinajstić information content (AvgIpc) is 2.36. The smallest absolute Gasteiger partial charge is 0.263 e. The SMILES string of the molecule is O=C1N=NN=C2C=CN=C12. The number of rotatable bonds is 0. The second-order valence-electron chi connectivity index (χ2n) is 1.77. The summed E-state index contributed by atoms with van der Waals surface area (Å²) in [6.07, 6.45) is 3.12. The van der Waals surface area contributed by atoms with Gasteiger partial charge in [-0.2, -0.15) is 0 Å². The van der Waals surface area contributed by atoms with E-state index in [0.717, 1.165) is 0 Å². The number of carbonyl (C=O) groups excluding carboxylic acids is 1. The first-order chi connectivity index (χ1) is 4.88. The highest BCUT2D eigenvalue weighted by molar-refractivity contribution is 6.70. The highest BCUT2D eigenvalue weighted by atomic mass is 16.2. The number of hydrogen-bond acceptors (Lipinski definition) is 4. The van der Waals surface area contributed by atoms with Gasteiger partial charge in [-0.3, -0.25) is 4.79 Å². The molecule has 10 heavy (non-hydrogen) atoms. The van der Waals surface area contributed by atoms with Crippen LogP contribution in [0.5, 0.6) is 0 Å². The van der Waals surface area contributed by atoms with Crippen molar-refractivity contribution >= 4 is 17.3 Å². The van der Waals surface area contributed by atoms with Gasteiger partial charge >= 0.3 is 5.91 Å². The Hall–Kier alpha value is -1.65. The summed E-state index contributed by atoms with van der Waals surface area (Å²) in [6, 6.07) is 0. The average molecular weight is 134 g/mol. The maximum Gasteiger partial charge on any atom is 0.317 e. The zero-order chi connectivity index (χ0) is 6.97. The molecular formula is C5H2N4O. The van der Waals surface area contributed by atoms with Crippen LogP contribution in [0.4, 0.5) is 0 Å². The maximum atomic E-state index is 10.8. The molecule has 2 aliphatic heterocycles. The molecule has 0 aliphatic carbocycles. The molecule has 0 aromatic heterocycles. The summed E-state index contributed by atoms with van der Waals surface area (Å²) in [5.74, 6) is -0.421. The van der Waals surface area contributed by atoms with Crippen molar-refractivity contribution in [3.8, 4) is 0 Å². The third-order valence-electron chi connectivity index (χ3n) is 1.17. The fourth-order valence-corrected chi connectivity index (χ4v) is 0.731.